The molecule has 0 atom stereocenters. The normalized spacial score (nSPS) is 12.6. The van der Waals surface area contributed by atoms with Gasteiger partial charge in [-0.3, -0.25) is 0 Å². The predicted octanol–water partition coefficient (Wildman–Crippen LogP) is 3.18. The van der Waals surface area contributed by atoms with Crippen molar-refractivity contribution in [1.29, 1.82) is 0 Å². The van der Waals surface area contributed by atoms with Crippen LogP contribution < -0.4 is 15.4 Å². The van der Waals surface area contributed by atoms with Gasteiger partial charge in [0.15, 0.2) is 5.96 Å². The lowest BCUT2D eigenvalue weighted by Crippen LogP contribution is -2.38. The predicted molar refractivity (Wildman–Crippen MR) is 133 cm³/mol. The first-order valence-electron chi connectivity index (χ1n) is 10.5. The average molecular weight is 532 g/mol. The third kappa shape index (κ3) is 6.68. The van der Waals surface area contributed by atoms with Crippen molar-refractivity contribution in [2.24, 2.45) is 4.99 Å². The SMILES string of the molecule is CCNC(=NCc1cccc(Cn2cncn2)c1)NCCc1ccc2c(c1)CCO2.I. The maximum absolute atomic E-state index is 5.59. The molecule has 2 aromatic carbocycles. The van der Waals surface area contributed by atoms with Crippen molar-refractivity contribution in [3.63, 3.8) is 0 Å². The molecule has 7 nitrogen and oxygen atoms in total. The number of rotatable bonds is 8. The van der Waals surface area contributed by atoms with Crippen LogP contribution in [0, 0.1) is 0 Å². The van der Waals surface area contributed by atoms with E-state index in [4.69, 9.17) is 9.73 Å². The Morgan fingerprint density at radius 3 is 2.87 bits per heavy atom. The molecule has 1 aliphatic rings. The number of nitrogens with zero attached hydrogens (tertiary/aromatic N) is 4. The van der Waals surface area contributed by atoms with Crippen LogP contribution in [-0.4, -0.2) is 40.4 Å². The van der Waals surface area contributed by atoms with Gasteiger partial charge in [-0.1, -0.05) is 36.4 Å². The van der Waals surface area contributed by atoms with Crippen molar-refractivity contribution in [1.82, 2.24) is 25.4 Å². The Hall–Kier alpha value is -2.62. The molecule has 0 saturated heterocycles. The van der Waals surface area contributed by atoms with Crippen LogP contribution in [0.3, 0.4) is 0 Å². The van der Waals surface area contributed by atoms with Crippen LogP contribution in [0.1, 0.15) is 29.2 Å². The molecule has 1 aliphatic heterocycles. The molecule has 0 bridgehead atoms. The third-order valence-electron chi connectivity index (χ3n) is 5.03. The molecule has 0 radical (unpaired) electrons. The summed E-state index contributed by atoms with van der Waals surface area (Å²) in [6.45, 7) is 5.87. The van der Waals surface area contributed by atoms with Crippen LogP contribution in [0.15, 0.2) is 60.1 Å². The highest BCUT2D eigenvalue weighted by Crippen LogP contribution is 2.25. The van der Waals surface area contributed by atoms with Crippen LogP contribution in [0.5, 0.6) is 5.75 Å². The van der Waals surface area contributed by atoms with Crippen molar-refractivity contribution < 1.29 is 4.74 Å². The van der Waals surface area contributed by atoms with Gasteiger partial charge in [-0.15, -0.1) is 24.0 Å². The van der Waals surface area contributed by atoms with E-state index in [1.807, 2.05) is 4.68 Å². The Morgan fingerprint density at radius 1 is 1.13 bits per heavy atom. The Morgan fingerprint density at radius 2 is 2.03 bits per heavy atom. The molecule has 2 heterocycles. The lowest BCUT2D eigenvalue weighted by molar-refractivity contribution is 0.357. The summed E-state index contributed by atoms with van der Waals surface area (Å²) in [5.41, 5.74) is 5.00. The number of hydrogen-bond acceptors (Lipinski definition) is 4. The second-order valence-corrected chi connectivity index (χ2v) is 7.33. The van der Waals surface area contributed by atoms with E-state index in [0.717, 1.165) is 44.2 Å². The summed E-state index contributed by atoms with van der Waals surface area (Å²) in [5.74, 6) is 1.87. The van der Waals surface area contributed by atoms with E-state index < -0.39 is 0 Å². The Labute approximate surface area is 200 Å². The van der Waals surface area contributed by atoms with Gasteiger partial charge in [-0.25, -0.2) is 14.7 Å². The zero-order chi connectivity index (χ0) is 20.6. The standard InChI is InChI=1S/C23H28N6O.HI/c1-2-25-23(26-10-8-18-6-7-22-21(13-18)9-11-30-22)27-14-19-4-3-5-20(12-19)15-29-17-24-16-28-29;/h3-7,12-13,16-17H,2,8-11,14-15H2,1H3,(H2,25,26,27);1H. The van der Waals surface area contributed by atoms with Gasteiger partial charge in [0.25, 0.3) is 0 Å². The minimum absolute atomic E-state index is 0. The van der Waals surface area contributed by atoms with Gasteiger partial charge in [0.2, 0.25) is 0 Å². The Bertz CT molecular complexity index is 989. The summed E-state index contributed by atoms with van der Waals surface area (Å²) in [5, 5.41) is 10.9. The zero-order valence-corrected chi connectivity index (χ0v) is 20.1. The largest absolute Gasteiger partial charge is 0.493 e. The van der Waals surface area contributed by atoms with E-state index in [1.54, 1.807) is 12.7 Å². The van der Waals surface area contributed by atoms with E-state index in [9.17, 15) is 0 Å². The Balaban J connectivity index is 0.00000272. The zero-order valence-electron chi connectivity index (χ0n) is 17.8. The van der Waals surface area contributed by atoms with Gasteiger partial charge in [-0.05, 0) is 41.7 Å². The summed E-state index contributed by atoms with van der Waals surface area (Å²) < 4.78 is 7.41. The Kier molecular flexibility index (Phi) is 8.69. The fourth-order valence-electron chi connectivity index (χ4n) is 3.56. The van der Waals surface area contributed by atoms with Gasteiger partial charge < -0.3 is 15.4 Å². The molecule has 3 aromatic rings. The summed E-state index contributed by atoms with van der Waals surface area (Å²) in [6.07, 6.45) is 5.24. The highest BCUT2D eigenvalue weighted by molar-refractivity contribution is 14.0. The summed E-state index contributed by atoms with van der Waals surface area (Å²) in [7, 11) is 0. The average Bonchev–Trinajstić information content (AvgIpc) is 3.44. The van der Waals surface area contributed by atoms with Crippen molar-refractivity contribution in [3.05, 3.63) is 77.4 Å². The number of ether oxygens (including phenoxy) is 1. The van der Waals surface area contributed by atoms with Crippen LogP contribution >= 0.6 is 24.0 Å². The maximum Gasteiger partial charge on any atom is 0.191 e. The molecule has 0 unspecified atom stereocenters. The topological polar surface area (TPSA) is 76.4 Å². The number of hydrogen-bond donors (Lipinski definition) is 2. The molecule has 0 spiro atoms. The van der Waals surface area contributed by atoms with Crippen LogP contribution in [0.25, 0.3) is 0 Å². The number of aliphatic imine (C=N–C) groups is 1. The molecule has 0 fully saturated rings. The molecule has 1 aromatic heterocycles. The van der Waals surface area contributed by atoms with Crippen LogP contribution in [0.2, 0.25) is 0 Å². The van der Waals surface area contributed by atoms with Gasteiger partial charge in [0.1, 0.15) is 18.4 Å². The molecular formula is C23H29IN6O. The number of nitrogens with one attached hydrogen (secondary N) is 2. The fraction of sp³-hybridized carbons (Fsp3) is 0.348. The molecular weight excluding hydrogens is 503 g/mol. The summed E-state index contributed by atoms with van der Waals surface area (Å²) >= 11 is 0. The van der Waals surface area contributed by atoms with Gasteiger partial charge in [0, 0.05) is 19.5 Å². The molecule has 31 heavy (non-hydrogen) atoms. The molecule has 0 aliphatic carbocycles. The molecule has 164 valence electrons. The van der Waals surface area contributed by atoms with E-state index in [-0.39, 0.29) is 24.0 Å². The van der Waals surface area contributed by atoms with Crippen LogP contribution in [-0.2, 0) is 25.9 Å². The highest BCUT2D eigenvalue weighted by atomic mass is 127. The highest BCUT2D eigenvalue weighted by Gasteiger charge is 2.11. The number of benzene rings is 2. The van der Waals surface area contributed by atoms with E-state index in [2.05, 4.69) is 70.1 Å². The number of aromatic nitrogens is 3. The summed E-state index contributed by atoms with van der Waals surface area (Å²) in [4.78, 5) is 8.75. The third-order valence-corrected chi connectivity index (χ3v) is 5.03. The monoisotopic (exact) mass is 532 g/mol. The maximum atomic E-state index is 5.59. The van der Waals surface area contributed by atoms with E-state index in [0.29, 0.717) is 13.1 Å². The first kappa shape index (κ1) is 23.1. The molecule has 4 rings (SSSR count). The van der Waals surface area contributed by atoms with Gasteiger partial charge in [-0.2, -0.15) is 5.10 Å². The first-order valence-corrected chi connectivity index (χ1v) is 10.5. The van der Waals surface area contributed by atoms with Crippen molar-refractivity contribution >= 4 is 29.9 Å². The summed E-state index contributed by atoms with van der Waals surface area (Å²) in [6, 6.07) is 14.9. The number of guanidine groups is 1. The van der Waals surface area contributed by atoms with E-state index in [1.165, 1.54) is 22.3 Å². The molecule has 2 N–H and O–H groups in total. The second kappa shape index (κ2) is 11.7. The van der Waals surface area contributed by atoms with Crippen molar-refractivity contribution in [2.75, 3.05) is 19.7 Å². The van der Waals surface area contributed by atoms with Gasteiger partial charge >= 0.3 is 0 Å². The van der Waals surface area contributed by atoms with Crippen molar-refractivity contribution in [2.45, 2.75) is 32.9 Å². The van der Waals surface area contributed by atoms with Crippen molar-refractivity contribution in [3.8, 4) is 5.75 Å². The van der Waals surface area contributed by atoms with Gasteiger partial charge in [0.05, 0.1) is 19.7 Å². The number of fused-ring (bicyclic) bond motifs is 1. The quantitative estimate of drug-likeness (QED) is 0.265. The second-order valence-electron chi connectivity index (χ2n) is 7.33. The fourth-order valence-corrected chi connectivity index (χ4v) is 3.56. The van der Waals surface area contributed by atoms with E-state index >= 15 is 0 Å². The minimum Gasteiger partial charge on any atom is -0.493 e. The minimum atomic E-state index is 0. The molecule has 0 amide bonds. The smallest absolute Gasteiger partial charge is 0.191 e. The molecule has 0 saturated carbocycles. The molecule has 8 heteroatoms. The lowest BCUT2D eigenvalue weighted by atomic mass is 10.1. The lowest BCUT2D eigenvalue weighted by Gasteiger charge is -2.12. The van der Waals surface area contributed by atoms with Crippen LogP contribution in [0.4, 0.5) is 0 Å². The first-order chi connectivity index (χ1) is 14.8. The number of halogens is 1.